The van der Waals surface area contributed by atoms with E-state index in [1.165, 1.54) is 30.6 Å². The second-order valence-corrected chi connectivity index (χ2v) is 3.59. The molecule has 0 bridgehead atoms. The first-order valence-electron chi connectivity index (χ1n) is 5.34. The third-order valence-electron chi connectivity index (χ3n) is 2.28. The lowest BCUT2D eigenvalue weighted by molar-refractivity contribution is -0.138. The minimum atomic E-state index is -4.48. The van der Waals surface area contributed by atoms with E-state index in [0.717, 1.165) is 6.07 Å². The molecule has 0 saturated heterocycles. The molecule has 0 atom stereocenters. The first-order valence-corrected chi connectivity index (χ1v) is 5.34. The number of para-hydroxylation sites is 1. The molecule has 0 spiro atoms. The van der Waals surface area contributed by atoms with Crippen molar-refractivity contribution in [3.05, 3.63) is 42.2 Å². The lowest BCUT2D eigenvalue weighted by Gasteiger charge is -2.12. The Labute approximate surface area is 107 Å². The van der Waals surface area contributed by atoms with E-state index in [4.69, 9.17) is 4.74 Å². The fourth-order valence-electron chi connectivity index (χ4n) is 1.42. The molecule has 0 radical (unpaired) electrons. The first kappa shape index (κ1) is 13.1. The molecule has 0 aliphatic carbocycles. The van der Waals surface area contributed by atoms with Crippen molar-refractivity contribution >= 4 is 5.82 Å². The Kier molecular flexibility index (Phi) is 3.55. The number of hydrogen-bond acceptors (Lipinski definition) is 4. The van der Waals surface area contributed by atoms with Gasteiger partial charge in [-0.2, -0.15) is 18.2 Å². The fraction of sp³-hybridized carbons (Fsp3) is 0.167. The molecule has 1 heterocycles. The number of anilines is 1. The maximum absolute atomic E-state index is 12.8. The Morgan fingerprint density at radius 1 is 1.16 bits per heavy atom. The molecule has 0 unspecified atom stereocenters. The second-order valence-electron chi connectivity index (χ2n) is 3.59. The summed E-state index contributed by atoms with van der Waals surface area (Å²) in [6.45, 7) is 0. The van der Waals surface area contributed by atoms with Crippen molar-refractivity contribution in [1.82, 2.24) is 9.97 Å². The van der Waals surface area contributed by atoms with Gasteiger partial charge in [0.2, 0.25) is 5.88 Å². The van der Waals surface area contributed by atoms with Crippen molar-refractivity contribution in [1.29, 1.82) is 0 Å². The summed E-state index contributed by atoms with van der Waals surface area (Å²) in [4.78, 5) is 7.76. The number of benzene rings is 1. The number of aromatic nitrogens is 2. The highest BCUT2D eigenvalue weighted by atomic mass is 19.4. The standard InChI is InChI=1S/C12H10F3N3O/c1-16-10-6-17-7-11(18-10)19-9-5-3-2-4-8(9)12(13,14)15/h2-7H,1H3,(H,16,18). The summed E-state index contributed by atoms with van der Waals surface area (Å²) in [7, 11) is 1.62. The van der Waals surface area contributed by atoms with Gasteiger partial charge in [-0.05, 0) is 12.1 Å². The molecule has 7 heteroatoms. The third-order valence-corrected chi connectivity index (χ3v) is 2.28. The number of alkyl halides is 3. The van der Waals surface area contributed by atoms with Gasteiger partial charge < -0.3 is 10.1 Å². The van der Waals surface area contributed by atoms with Gasteiger partial charge in [0, 0.05) is 7.05 Å². The monoisotopic (exact) mass is 269 g/mol. The molecule has 0 aliphatic heterocycles. The average Bonchev–Trinajstić information content (AvgIpc) is 2.38. The number of nitrogens with zero attached hydrogens (tertiary/aromatic N) is 2. The zero-order valence-electron chi connectivity index (χ0n) is 9.90. The van der Waals surface area contributed by atoms with Crippen molar-refractivity contribution in [2.45, 2.75) is 6.18 Å². The van der Waals surface area contributed by atoms with Gasteiger partial charge in [-0.15, -0.1) is 0 Å². The van der Waals surface area contributed by atoms with Crippen LogP contribution in [-0.4, -0.2) is 17.0 Å². The van der Waals surface area contributed by atoms with Crippen molar-refractivity contribution in [2.24, 2.45) is 0 Å². The van der Waals surface area contributed by atoms with E-state index in [-0.39, 0.29) is 11.6 Å². The van der Waals surface area contributed by atoms with Crippen LogP contribution in [0.4, 0.5) is 19.0 Å². The lowest BCUT2D eigenvalue weighted by atomic mass is 10.2. The molecule has 1 N–H and O–H groups in total. The summed E-state index contributed by atoms with van der Waals surface area (Å²) < 4.78 is 43.4. The maximum atomic E-state index is 12.8. The van der Waals surface area contributed by atoms with Gasteiger partial charge in [0.15, 0.2) is 0 Å². The largest absolute Gasteiger partial charge is 0.437 e. The minimum absolute atomic E-state index is 0.0106. The van der Waals surface area contributed by atoms with Crippen LogP contribution in [0.3, 0.4) is 0 Å². The normalized spacial score (nSPS) is 11.2. The zero-order valence-corrected chi connectivity index (χ0v) is 9.90. The Balaban J connectivity index is 2.33. The van der Waals surface area contributed by atoms with Crippen LogP contribution in [0, 0.1) is 0 Å². The SMILES string of the molecule is CNc1cncc(Oc2ccccc2C(F)(F)F)n1. The molecule has 100 valence electrons. The van der Waals surface area contributed by atoms with Gasteiger partial charge in [-0.3, -0.25) is 4.98 Å². The van der Waals surface area contributed by atoms with Crippen LogP contribution in [0.5, 0.6) is 11.6 Å². The fourth-order valence-corrected chi connectivity index (χ4v) is 1.42. The summed E-state index contributed by atoms with van der Waals surface area (Å²) in [6, 6.07) is 4.94. The Hall–Kier alpha value is -2.31. The molecule has 1 aromatic carbocycles. The van der Waals surface area contributed by atoms with Gasteiger partial charge in [-0.25, -0.2) is 0 Å². The summed E-state index contributed by atoms with van der Waals surface area (Å²) in [5.41, 5.74) is -0.855. The number of ether oxygens (including phenoxy) is 1. The highest BCUT2D eigenvalue weighted by Crippen LogP contribution is 2.37. The molecule has 0 saturated carbocycles. The molecule has 2 rings (SSSR count). The molecule has 1 aromatic heterocycles. The summed E-state index contributed by atoms with van der Waals surface area (Å²) in [5, 5.41) is 2.72. The van der Waals surface area contributed by atoms with Crippen LogP contribution < -0.4 is 10.1 Å². The Morgan fingerprint density at radius 2 is 1.89 bits per heavy atom. The van der Waals surface area contributed by atoms with Gasteiger partial charge in [0.1, 0.15) is 11.6 Å². The van der Waals surface area contributed by atoms with E-state index >= 15 is 0 Å². The highest BCUT2D eigenvalue weighted by Gasteiger charge is 2.34. The third kappa shape index (κ3) is 3.12. The highest BCUT2D eigenvalue weighted by molar-refractivity contribution is 5.39. The number of halogens is 3. The van der Waals surface area contributed by atoms with Gasteiger partial charge in [0.25, 0.3) is 0 Å². The number of hydrogen-bond donors (Lipinski definition) is 1. The Bertz CT molecular complexity index is 572. The van der Waals surface area contributed by atoms with Crippen LogP contribution in [-0.2, 0) is 6.18 Å². The predicted octanol–water partition coefficient (Wildman–Crippen LogP) is 3.33. The van der Waals surface area contributed by atoms with E-state index in [2.05, 4.69) is 15.3 Å². The lowest BCUT2D eigenvalue weighted by Crippen LogP contribution is -2.07. The van der Waals surface area contributed by atoms with E-state index in [1.54, 1.807) is 7.05 Å². The molecular formula is C12H10F3N3O. The smallest absolute Gasteiger partial charge is 0.419 e. The summed E-state index contributed by atoms with van der Waals surface area (Å²) in [6.07, 6.45) is -1.80. The van der Waals surface area contributed by atoms with E-state index < -0.39 is 11.7 Å². The van der Waals surface area contributed by atoms with Crippen LogP contribution in [0.15, 0.2) is 36.7 Å². The second kappa shape index (κ2) is 5.13. The van der Waals surface area contributed by atoms with Gasteiger partial charge >= 0.3 is 6.18 Å². The molecule has 0 fully saturated rings. The van der Waals surface area contributed by atoms with Crippen LogP contribution in [0.2, 0.25) is 0 Å². The van der Waals surface area contributed by atoms with Crippen molar-refractivity contribution in [3.8, 4) is 11.6 Å². The van der Waals surface area contributed by atoms with Crippen molar-refractivity contribution in [3.63, 3.8) is 0 Å². The summed E-state index contributed by atoms with van der Waals surface area (Å²) in [5.74, 6) is 0.0862. The molecule has 0 amide bonds. The molecule has 4 nitrogen and oxygen atoms in total. The van der Waals surface area contributed by atoms with Crippen LogP contribution in [0.25, 0.3) is 0 Å². The molecule has 2 aromatic rings. The Morgan fingerprint density at radius 3 is 2.58 bits per heavy atom. The molecule has 19 heavy (non-hydrogen) atoms. The van der Waals surface area contributed by atoms with Crippen molar-refractivity contribution in [2.75, 3.05) is 12.4 Å². The maximum Gasteiger partial charge on any atom is 0.419 e. The number of rotatable bonds is 3. The first-order chi connectivity index (χ1) is 9.00. The summed E-state index contributed by atoms with van der Waals surface area (Å²) >= 11 is 0. The van der Waals surface area contributed by atoms with E-state index in [1.807, 2.05) is 0 Å². The predicted molar refractivity (Wildman–Crippen MR) is 63.1 cm³/mol. The van der Waals surface area contributed by atoms with E-state index in [0.29, 0.717) is 5.82 Å². The topological polar surface area (TPSA) is 47.0 Å². The quantitative estimate of drug-likeness (QED) is 0.928. The average molecular weight is 269 g/mol. The van der Waals surface area contributed by atoms with E-state index in [9.17, 15) is 13.2 Å². The van der Waals surface area contributed by atoms with Gasteiger partial charge in [-0.1, -0.05) is 12.1 Å². The van der Waals surface area contributed by atoms with Gasteiger partial charge in [0.05, 0.1) is 18.0 Å². The van der Waals surface area contributed by atoms with Crippen LogP contribution >= 0.6 is 0 Å². The van der Waals surface area contributed by atoms with Crippen molar-refractivity contribution < 1.29 is 17.9 Å². The molecular weight excluding hydrogens is 259 g/mol. The van der Waals surface area contributed by atoms with Crippen LogP contribution in [0.1, 0.15) is 5.56 Å². The number of nitrogens with one attached hydrogen (secondary N) is 1. The molecule has 0 aliphatic rings. The minimum Gasteiger partial charge on any atom is -0.437 e. The zero-order chi connectivity index (χ0) is 13.9.